The van der Waals surface area contributed by atoms with Crippen LogP contribution < -0.4 is 4.90 Å². The van der Waals surface area contributed by atoms with Gasteiger partial charge in [-0.25, -0.2) is 0 Å². The molecular formula is C15H23NO. The summed E-state index contributed by atoms with van der Waals surface area (Å²) in [6.07, 6.45) is 2.77. The third-order valence-corrected chi connectivity index (χ3v) is 3.53. The Morgan fingerprint density at radius 2 is 2.06 bits per heavy atom. The van der Waals surface area contributed by atoms with Gasteiger partial charge >= 0.3 is 0 Å². The molecule has 0 aromatic heterocycles. The zero-order valence-corrected chi connectivity index (χ0v) is 11.1. The molecule has 1 aliphatic rings. The van der Waals surface area contributed by atoms with Crippen molar-refractivity contribution in [3.05, 3.63) is 29.3 Å². The zero-order valence-electron chi connectivity index (χ0n) is 11.1. The predicted molar refractivity (Wildman–Crippen MR) is 72.3 cm³/mol. The Morgan fingerprint density at radius 3 is 2.53 bits per heavy atom. The van der Waals surface area contributed by atoms with Gasteiger partial charge in [-0.3, -0.25) is 0 Å². The van der Waals surface area contributed by atoms with Crippen molar-refractivity contribution in [1.82, 2.24) is 0 Å². The summed E-state index contributed by atoms with van der Waals surface area (Å²) >= 11 is 0. The number of hydrogen-bond acceptors (Lipinski definition) is 2. The molecule has 2 rings (SSSR count). The van der Waals surface area contributed by atoms with Crippen LogP contribution in [0.3, 0.4) is 0 Å². The second-order valence-corrected chi connectivity index (χ2v) is 5.47. The number of aliphatic hydroxyl groups excluding tert-OH is 1. The molecule has 17 heavy (non-hydrogen) atoms. The molecule has 0 spiro atoms. The number of hydrogen-bond donors (Lipinski definition) is 1. The second-order valence-electron chi connectivity index (χ2n) is 5.47. The summed E-state index contributed by atoms with van der Waals surface area (Å²) in [4.78, 5) is 2.49. The van der Waals surface area contributed by atoms with E-state index in [4.69, 9.17) is 5.11 Å². The summed E-state index contributed by atoms with van der Waals surface area (Å²) < 4.78 is 0. The molecule has 1 aromatic rings. The third-order valence-electron chi connectivity index (χ3n) is 3.53. The Morgan fingerprint density at radius 1 is 1.35 bits per heavy atom. The van der Waals surface area contributed by atoms with E-state index in [9.17, 15) is 0 Å². The largest absolute Gasteiger partial charge is 0.392 e. The van der Waals surface area contributed by atoms with Crippen molar-refractivity contribution in [1.29, 1.82) is 0 Å². The Labute approximate surface area is 104 Å². The number of anilines is 1. The first-order valence-corrected chi connectivity index (χ1v) is 6.59. The maximum atomic E-state index is 9.14. The number of benzene rings is 1. The molecule has 0 bridgehead atoms. The topological polar surface area (TPSA) is 23.5 Å². The van der Waals surface area contributed by atoms with Crippen LogP contribution >= 0.6 is 0 Å². The van der Waals surface area contributed by atoms with Crippen LogP contribution in [0.15, 0.2) is 18.2 Å². The fourth-order valence-corrected chi connectivity index (χ4v) is 2.30. The van der Waals surface area contributed by atoms with Crippen LogP contribution in [0.1, 0.15) is 37.8 Å². The molecule has 1 aromatic carbocycles. The lowest BCUT2D eigenvalue weighted by Crippen LogP contribution is -2.33. The van der Waals surface area contributed by atoms with Crippen molar-refractivity contribution in [2.75, 3.05) is 11.4 Å². The van der Waals surface area contributed by atoms with E-state index in [1.165, 1.54) is 30.6 Å². The van der Waals surface area contributed by atoms with Crippen molar-refractivity contribution in [3.8, 4) is 0 Å². The molecule has 0 radical (unpaired) electrons. The molecule has 0 atom stereocenters. The summed E-state index contributed by atoms with van der Waals surface area (Å²) in [6, 6.07) is 6.82. The quantitative estimate of drug-likeness (QED) is 0.844. The van der Waals surface area contributed by atoms with Gasteiger partial charge in [0.1, 0.15) is 0 Å². The monoisotopic (exact) mass is 233 g/mol. The molecule has 2 heteroatoms. The van der Waals surface area contributed by atoms with Gasteiger partial charge in [0.2, 0.25) is 0 Å². The molecule has 94 valence electrons. The lowest BCUT2D eigenvalue weighted by atomic mass is 10.1. The third kappa shape index (κ3) is 3.01. The number of nitrogens with zero attached hydrogens (tertiary/aromatic N) is 1. The number of rotatable bonds is 5. The smallest absolute Gasteiger partial charge is 0.0681 e. The van der Waals surface area contributed by atoms with Gasteiger partial charge in [0.15, 0.2) is 0 Å². The molecule has 1 aliphatic carbocycles. The van der Waals surface area contributed by atoms with Crippen LogP contribution in [0.4, 0.5) is 5.69 Å². The fraction of sp³-hybridized carbons (Fsp3) is 0.600. The summed E-state index contributed by atoms with van der Waals surface area (Å²) in [5.41, 5.74) is 3.59. The average Bonchev–Trinajstić information content (AvgIpc) is 3.10. The van der Waals surface area contributed by atoms with E-state index in [2.05, 4.69) is 37.8 Å². The minimum atomic E-state index is 0.130. The van der Waals surface area contributed by atoms with Crippen LogP contribution in [0, 0.1) is 12.8 Å². The van der Waals surface area contributed by atoms with Crippen molar-refractivity contribution in [2.45, 2.75) is 46.3 Å². The van der Waals surface area contributed by atoms with E-state index < -0.39 is 0 Å². The molecule has 0 saturated heterocycles. The SMILES string of the molecule is Cc1cc(CO)ccc1N(CC1CC1)C(C)C. The van der Waals surface area contributed by atoms with E-state index in [0.717, 1.165) is 11.5 Å². The first kappa shape index (κ1) is 12.4. The molecule has 0 aliphatic heterocycles. The Bertz CT molecular complexity index is 383. The molecule has 1 fully saturated rings. The van der Waals surface area contributed by atoms with Gasteiger partial charge in [-0.1, -0.05) is 12.1 Å². The highest BCUT2D eigenvalue weighted by Gasteiger charge is 2.26. The van der Waals surface area contributed by atoms with Crippen molar-refractivity contribution in [2.24, 2.45) is 5.92 Å². The molecule has 1 N–H and O–H groups in total. The van der Waals surface area contributed by atoms with Crippen LogP contribution in [-0.2, 0) is 6.61 Å². The molecule has 0 unspecified atom stereocenters. The van der Waals surface area contributed by atoms with Crippen molar-refractivity contribution < 1.29 is 5.11 Å². The van der Waals surface area contributed by atoms with Crippen LogP contribution in [0.2, 0.25) is 0 Å². The van der Waals surface area contributed by atoms with Crippen molar-refractivity contribution in [3.63, 3.8) is 0 Å². The van der Waals surface area contributed by atoms with Crippen molar-refractivity contribution >= 4 is 5.69 Å². The predicted octanol–water partition coefficient (Wildman–Crippen LogP) is 3.11. The van der Waals surface area contributed by atoms with Gasteiger partial charge in [0.05, 0.1) is 6.61 Å². The molecule has 1 saturated carbocycles. The first-order valence-electron chi connectivity index (χ1n) is 6.59. The summed E-state index contributed by atoms with van der Waals surface area (Å²) in [7, 11) is 0. The minimum absolute atomic E-state index is 0.130. The Hall–Kier alpha value is -1.02. The maximum absolute atomic E-state index is 9.14. The standard InChI is InChI=1S/C15H23NO/c1-11(2)16(9-13-4-5-13)15-7-6-14(10-17)8-12(15)3/h6-8,11,13,17H,4-5,9-10H2,1-3H3. The van der Waals surface area contributed by atoms with E-state index in [1.54, 1.807) is 0 Å². The van der Waals surface area contributed by atoms with Gasteiger partial charge < -0.3 is 10.0 Å². The first-order chi connectivity index (χ1) is 8.11. The summed E-state index contributed by atoms with van der Waals surface area (Å²) in [5, 5.41) is 9.14. The van der Waals surface area contributed by atoms with E-state index in [0.29, 0.717) is 6.04 Å². The van der Waals surface area contributed by atoms with Crippen LogP contribution in [-0.4, -0.2) is 17.7 Å². The maximum Gasteiger partial charge on any atom is 0.0681 e. The molecular weight excluding hydrogens is 210 g/mol. The molecule has 0 amide bonds. The average molecular weight is 233 g/mol. The summed E-state index contributed by atoms with van der Waals surface area (Å²) in [5.74, 6) is 0.898. The van der Waals surface area contributed by atoms with Gasteiger partial charge in [-0.15, -0.1) is 0 Å². The van der Waals surface area contributed by atoms with E-state index in [1.807, 2.05) is 6.07 Å². The lowest BCUT2D eigenvalue weighted by Gasteiger charge is -2.30. The highest BCUT2D eigenvalue weighted by Crippen LogP contribution is 2.33. The van der Waals surface area contributed by atoms with Gasteiger partial charge in [-0.05, 0) is 56.7 Å². The van der Waals surface area contributed by atoms with Gasteiger partial charge in [0, 0.05) is 18.3 Å². The van der Waals surface area contributed by atoms with Gasteiger partial charge in [-0.2, -0.15) is 0 Å². The Balaban J connectivity index is 2.21. The zero-order chi connectivity index (χ0) is 12.4. The summed E-state index contributed by atoms with van der Waals surface area (Å²) in [6.45, 7) is 7.95. The number of aryl methyl sites for hydroxylation is 1. The second kappa shape index (κ2) is 5.09. The van der Waals surface area contributed by atoms with Gasteiger partial charge in [0.25, 0.3) is 0 Å². The Kier molecular flexibility index (Phi) is 3.72. The highest BCUT2D eigenvalue weighted by molar-refractivity contribution is 5.55. The fourth-order valence-electron chi connectivity index (χ4n) is 2.30. The molecule has 0 heterocycles. The molecule has 2 nitrogen and oxygen atoms in total. The lowest BCUT2D eigenvalue weighted by molar-refractivity contribution is 0.282. The number of aliphatic hydroxyl groups is 1. The van der Waals surface area contributed by atoms with Crippen LogP contribution in [0.25, 0.3) is 0 Å². The van der Waals surface area contributed by atoms with E-state index in [-0.39, 0.29) is 6.61 Å². The van der Waals surface area contributed by atoms with Crippen LogP contribution in [0.5, 0.6) is 0 Å². The minimum Gasteiger partial charge on any atom is -0.392 e. The normalized spacial score (nSPS) is 15.4. The highest BCUT2D eigenvalue weighted by atomic mass is 16.3. The van der Waals surface area contributed by atoms with E-state index >= 15 is 0 Å².